The first-order chi connectivity index (χ1) is 11.0. The van der Waals surface area contributed by atoms with Gasteiger partial charge < -0.3 is 9.84 Å². The molecule has 0 amide bonds. The maximum Gasteiger partial charge on any atom is 0.331 e. The molecule has 0 bridgehead atoms. The number of hydrogen-bond acceptors (Lipinski definition) is 5. The first-order valence-corrected chi connectivity index (χ1v) is 8.11. The molecule has 0 saturated heterocycles. The molecule has 4 aliphatic rings. The topological polar surface area (TPSA) is 80.7 Å². The third-order valence-corrected chi connectivity index (χ3v) is 5.61. The molecule has 4 rings (SSSR count). The lowest BCUT2D eigenvalue weighted by molar-refractivity contribution is -0.162. The molecule has 1 aliphatic heterocycles. The van der Waals surface area contributed by atoms with E-state index in [1.807, 2.05) is 0 Å². The van der Waals surface area contributed by atoms with E-state index in [0.29, 0.717) is 6.42 Å². The van der Waals surface area contributed by atoms with Gasteiger partial charge in [-0.05, 0) is 37.3 Å². The second kappa shape index (κ2) is 4.91. The number of fused-ring (bicyclic) bond motifs is 2. The van der Waals surface area contributed by atoms with Gasteiger partial charge in [-0.15, -0.1) is 0 Å². The van der Waals surface area contributed by atoms with Gasteiger partial charge in [-0.2, -0.15) is 0 Å². The summed E-state index contributed by atoms with van der Waals surface area (Å²) in [4.78, 5) is 37.4. The number of carbonyl (C=O) groups is 3. The summed E-state index contributed by atoms with van der Waals surface area (Å²) in [6.45, 7) is 0. The van der Waals surface area contributed by atoms with E-state index in [2.05, 4.69) is 0 Å². The molecule has 4 atom stereocenters. The standard InChI is InChI=1S/C18H18O5/c19-13-6-3-5-11-16(13)14(20)9-12(17(11)22)18-7-2-1-4-10(18)8-15(21)23-18/h3,5-6,8,11-12,16,19H,1-2,4,7,9H2. The molecule has 1 heterocycles. The van der Waals surface area contributed by atoms with Crippen molar-refractivity contribution < 1.29 is 24.2 Å². The van der Waals surface area contributed by atoms with Gasteiger partial charge in [0.25, 0.3) is 0 Å². The number of aliphatic hydroxyl groups excluding tert-OH is 1. The van der Waals surface area contributed by atoms with E-state index in [1.54, 1.807) is 12.2 Å². The average Bonchev–Trinajstić information content (AvgIpc) is 2.87. The zero-order valence-corrected chi connectivity index (χ0v) is 12.7. The smallest absolute Gasteiger partial charge is 0.331 e. The Morgan fingerprint density at radius 1 is 1.22 bits per heavy atom. The van der Waals surface area contributed by atoms with Crippen LogP contribution in [-0.4, -0.2) is 28.2 Å². The maximum absolute atomic E-state index is 13.0. The van der Waals surface area contributed by atoms with Gasteiger partial charge in [0.05, 0.1) is 17.8 Å². The number of aliphatic hydroxyl groups is 1. The summed E-state index contributed by atoms with van der Waals surface area (Å²) in [5.41, 5.74) is -0.0737. The molecule has 23 heavy (non-hydrogen) atoms. The van der Waals surface area contributed by atoms with Crippen LogP contribution in [0.5, 0.6) is 0 Å². The lowest BCUT2D eigenvalue weighted by Crippen LogP contribution is -2.53. The van der Waals surface area contributed by atoms with Crippen LogP contribution >= 0.6 is 0 Å². The molecule has 3 aliphatic carbocycles. The SMILES string of the molecule is O=C1C=C2CCCCC2(C2CC(=O)C3C(O)=CC=CC3C2=O)O1. The quantitative estimate of drug-likeness (QED) is 0.750. The molecule has 4 unspecified atom stereocenters. The van der Waals surface area contributed by atoms with Crippen LogP contribution in [0.4, 0.5) is 0 Å². The molecule has 0 aromatic rings. The molecule has 2 fully saturated rings. The van der Waals surface area contributed by atoms with Gasteiger partial charge in [0.2, 0.25) is 0 Å². The highest BCUT2D eigenvalue weighted by Gasteiger charge is 2.58. The van der Waals surface area contributed by atoms with Crippen molar-refractivity contribution in [2.45, 2.75) is 37.7 Å². The second-order valence-corrected chi connectivity index (χ2v) is 6.79. The molecule has 5 heteroatoms. The number of allylic oxidation sites excluding steroid dienone is 4. The van der Waals surface area contributed by atoms with E-state index in [4.69, 9.17) is 4.74 Å². The van der Waals surface area contributed by atoms with Crippen LogP contribution in [0.2, 0.25) is 0 Å². The van der Waals surface area contributed by atoms with Crippen LogP contribution in [0.15, 0.2) is 35.6 Å². The molecule has 0 spiro atoms. The van der Waals surface area contributed by atoms with Crippen molar-refractivity contribution in [2.24, 2.45) is 17.8 Å². The first kappa shape index (κ1) is 14.4. The molecular formula is C18H18O5. The Hall–Kier alpha value is -2.17. The van der Waals surface area contributed by atoms with Gasteiger partial charge in [-0.25, -0.2) is 4.79 Å². The fraction of sp³-hybridized carbons (Fsp3) is 0.500. The number of ketones is 2. The monoisotopic (exact) mass is 314 g/mol. The van der Waals surface area contributed by atoms with Crippen LogP contribution in [-0.2, 0) is 19.1 Å². The fourth-order valence-electron chi connectivity index (χ4n) is 4.56. The highest BCUT2D eigenvalue weighted by Crippen LogP contribution is 2.50. The van der Waals surface area contributed by atoms with E-state index in [9.17, 15) is 19.5 Å². The average molecular weight is 314 g/mol. The number of carbonyl (C=O) groups excluding carboxylic acids is 3. The summed E-state index contributed by atoms with van der Waals surface area (Å²) in [7, 11) is 0. The Kier molecular flexibility index (Phi) is 3.08. The summed E-state index contributed by atoms with van der Waals surface area (Å²) >= 11 is 0. The summed E-state index contributed by atoms with van der Waals surface area (Å²) in [5.74, 6) is -2.77. The van der Waals surface area contributed by atoms with E-state index in [0.717, 1.165) is 24.8 Å². The van der Waals surface area contributed by atoms with E-state index in [-0.39, 0.29) is 23.7 Å². The Morgan fingerprint density at radius 2 is 2.04 bits per heavy atom. The first-order valence-electron chi connectivity index (χ1n) is 8.11. The minimum absolute atomic E-state index is 0.0242. The summed E-state index contributed by atoms with van der Waals surface area (Å²) < 4.78 is 5.61. The zero-order valence-electron chi connectivity index (χ0n) is 12.7. The van der Waals surface area contributed by atoms with Crippen molar-refractivity contribution >= 4 is 17.5 Å². The molecule has 5 nitrogen and oxygen atoms in total. The van der Waals surface area contributed by atoms with Crippen molar-refractivity contribution in [3.63, 3.8) is 0 Å². The number of Topliss-reactive ketones (excluding diaryl/α,β-unsaturated/α-hetero) is 2. The van der Waals surface area contributed by atoms with Crippen LogP contribution in [0.3, 0.4) is 0 Å². The van der Waals surface area contributed by atoms with Crippen molar-refractivity contribution in [1.29, 1.82) is 0 Å². The fourth-order valence-corrected chi connectivity index (χ4v) is 4.56. The molecule has 0 aromatic carbocycles. The Morgan fingerprint density at radius 3 is 2.87 bits per heavy atom. The molecule has 0 aromatic heterocycles. The van der Waals surface area contributed by atoms with Crippen LogP contribution in [0, 0.1) is 17.8 Å². The minimum Gasteiger partial charge on any atom is -0.512 e. The number of rotatable bonds is 1. The largest absolute Gasteiger partial charge is 0.512 e. The molecule has 2 saturated carbocycles. The third-order valence-electron chi connectivity index (χ3n) is 5.61. The van der Waals surface area contributed by atoms with Crippen molar-refractivity contribution in [3.05, 3.63) is 35.6 Å². The summed E-state index contributed by atoms with van der Waals surface area (Å²) in [5, 5.41) is 9.96. The molecule has 120 valence electrons. The molecular weight excluding hydrogens is 296 g/mol. The van der Waals surface area contributed by atoms with Crippen molar-refractivity contribution in [1.82, 2.24) is 0 Å². The zero-order chi connectivity index (χ0) is 16.2. The van der Waals surface area contributed by atoms with Gasteiger partial charge in [0.1, 0.15) is 22.9 Å². The predicted octanol–water partition coefficient (Wildman–Crippen LogP) is 2.18. The predicted molar refractivity (Wildman–Crippen MR) is 80.3 cm³/mol. The van der Waals surface area contributed by atoms with E-state index < -0.39 is 29.3 Å². The van der Waals surface area contributed by atoms with Gasteiger partial charge >= 0.3 is 5.97 Å². The van der Waals surface area contributed by atoms with Crippen LogP contribution in [0.1, 0.15) is 32.1 Å². The Bertz CT molecular complexity index is 698. The number of hydrogen-bond donors (Lipinski definition) is 1. The normalized spacial score (nSPS) is 39.3. The third kappa shape index (κ3) is 1.95. The lowest BCUT2D eigenvalue weighted by atomic mass is 9.61. The number of esters is 1. The summed E-state index contributed by atoms with van der Waals surface area (Å²) in [6, 6.07) is 0. The van der Waals surface area contributed by atoms with Gasteiger partial charge in [-0.3, -0.25) is 9.59 Å². The van der Waals surface area contributed by atoms with Gasteiger partial charge in [0.15, 0.2) is 0 Å². The van der Waals surface area contributed by atoms with Gasteiger partial charge in [-0.1, -0.05) is 12.2 Å². The Labute approximate surface area is 133 Å². The lowest BCUT2D eigenvalue weighted by Gasteiger charge is -2.44. The maximum atomic E-state index is 13.0. The molecule has 1 N–H and O–H groups in total. The van der Waals surface area contributed by atoms with Crippen LogP contribution in [0.25, 0.3) is 0 Å². The van der Waals surface area contributed by atoms with Crippen molar-refractivity contribution in [2.75, 3.05) is 0 Å². The van der Waals surface area contributed by atoms with Crippen LogP contribution < -0.4 is 0 Å². The number of ether oxygens (including phenoxy) is 1. The minimum atomic E-state index is -0.933. The van der Waals surface area contributed by atoms with Crippen molar-refractivity contribution in [3.8, 4) is 0 Å². The highest BCUT2D eigenvalue weighted by atomic mass is 16.6. The van der Waals surface area contributed by atoms with Gasteiger partial charge in [0, 0.05) is 12.5 Å². The Balaban J connectivity index is 1.73. The van der Waals surface area contributed by atoms with E-state index in [1.165, 1.54) is 12.2 Å². The summed E-state index contributed by atoms with van der Waals surface area (Å²) in [6.07, 6.45) is 9.44. The highest BCUT2D eigenvalue weighted by molar-refractivity contribution is 6.02. The second-order valence-electron chi connectivity index (χ2n) is 6.79. The molecule has 0 radical (unpaired) electrons. The van der Waals surface area contributed by atoms with E-state index >= 15 is 0 Å².